The maximum Gasteiger partial charge on any atom is 0.338 e. The molecule has 2 N–H and O–H groups in total. The number of aromatic amines is 1. The first-order chi connectivity index (χ1) is 23.7. The van der Waals surface area contributed by atoms with E-state index >= 15 is 0 Å². The van der Waals surface area contributed by atoms with Gasteiger partial charge in [0.1, 0.15) is 28.1 Å². The highest BCUT2D eigenvalue weighted by molar-refractivity contribution is 6.35. The lowest BCUT2D eigenvalue weighted by atomic mass is 9.86. The number of aromatic nitrogens is 1. The van der Waals surface area contributed by atoms with E-state index < -0.39 is 29.9 Å². The first kappa shape index (κ1) is 34.5. The fourth-order valence-corrected chi connectivity index (χ4v) is 6.96. The molecule has 1 aromatic heterocycles. The zero-order valence-electron chi connectivity index (χ0n) is 27.1. The molecule has 4 heterocycles. The van der Waals surface area contributed by atoms with Gasteiger partial charge in [0.2, 0.25) is 0 Å². The Labute approximate surface area is 294 Å². The zero-order chi connectivity index (χ0) is 34.5. The van der Waals surface area contributed by atoms with Crippen LogP contribution in [0.2, 0.25) is 10.0 Å². The number of ether oxygens (including phenoxy) is 4. The van der Waals surface area contributed by atoms with Crippen LogP contribution in [-0.2, 0) is 20.7 Å². The lowest BCUT2D eigenvalue weighted by Crippen LogP contribution is -2.52. The molecule has 3 atom stereocenters. The topological polar surface area (TPSA) is 100 Å². The van der Waals surface area contributed by atoms with Crippen molar-refractivity contribution in [3.63, 3.8) is 0 Å². The van der Waals surface area contributed by atoms with Gasteiger partial charge in [-0.3, -0.25) is 4.90 Å². The molecule has 4 aromatic rings. The van der Waals surface area contributed by atoms with Crippen molar-refractivity contribution in [2.24, 2.45) is 5.92 Å². The van der Waals surface area contributed by atoms with Crippen molar-refractivity contribution < 1.29 is 37.9 Å². The molecule has 49 heavy (non-hydrogen) atoms. The van der Waals surface area contributed by atoms with Gasteiger partial charge in [-0.25, -0.2) is 19.0 Å². The third kappa shape index (κ3) is 8.09. The number of nitrogens with zero attached hydrogens (tertiary/aromatic N) is 1. The Hall–Kier alpha value is -4.38. The van der Waals surface area contributed by atoms with Crippen LogP contribution >= 0.6 is 23.2 Å². The van der Waals surface area contributed by atoms with Crippen LogP contribution in [0.3, 0.4) is 0 Å². The molecule has 7 rings (SSSR count). The molecule has 0 aliphatic carbocycles. The van der Waals surface area contributed by atoms with Crippen LogP contribution in [0.4, 0.5) is 10.1 Å². The van der Waals surface area contributed by atoms with E-state index in [1.807, 2.05) is 0 Å². The van der Waals surface area contributed by atoms with Gasteiger partial charge in [-0.2, -0.15) is 0 Å². The molecule has 2 bridgehead atoms. The zero-order valence-corrected chi connectivity index (χ0v) is 28.6. The van der Waals surface area contributed by atoms with Crippen molar-refractivity contribution in [3.05, 3.63) is 117 Å². The molecule has 3 aliphatic heterocycles. The summed E-state index contributed by atoms with van der Waals surface area (Å²) in [5.41, 5.74) is 2.48. The molecule has 0 amide bonds. The monoisotopic (exact) mass is 708 g/mol. The number of benzene rings is 3. The first-order valence-electron chi connectivity index (χ1n) is 16.0. The average molecular weight is 710 g/mol. The number of H-pyrrole nitrogens is 1. The van der Waals surface area contributed by atoms with Crippen molar-refractivity contribution in [2.45, 2.75) is 37.5 Å². The van der Waals surface area contributed by atoms with Gasteiger partial charge < -0.3 is 24.3 Å². The predicted molar refractivity (Wildman–Crippen MR) is 183 cm³/mol. The van der Waals surface area contributed by atoms with Crippen LogP contribution in [0.25, 0.3) is 0 Å². The minimum Gasteiger partial charge on any atom is -0.493 e. The Morgan fingerprint density at radius 3 is 2.29 bits per heavy atom. The van der Waals surface area contributed by atoms with Gasteiger partial charge in [-0.05, 0) is 91.5 Å². The molecule has 3 aliphatic rings. The van der Waals surface area contributed by atoms with Gasteiger partial charge in [-0.1, -0.05) is 41.4 Å². The Balaban J connectivity index is 1.21. The summed E-state index contributed by atoms with van der Waals surface area (Å²) in [5.74, 6) is -0.226. The molecule has 12 heteroatoms. The molecular weight excluding hydrogens is 672 g/mol. The standard InChI is InChI=1S/C37H36Cl2FN3O6/c1-46-31-11-8-24(17-33(31)47-2)32(18-28-29(38)19-41-20-30(28)39)48-36(44)23-6-9-27(10-7-23)42-35(25-4-3-5-26(40)16-25)37(45)49-34-21-43-14-12-22(34)13-15-43/h3-11,16-17,19-20,22,32,34-35,42H,12-15,18,21H2,1-2H3/p+1/t32?,34-,35?/m0/s1. The highest BCUT2D eigenvalue weighted by atomic mass is 35.5. The van der Waals surface area contributed by atoms with Gasteiger partial charge in [0.05, 0.1) is 19.8 Å². The summed E-state index contributed by atoms with van der Waals surface area (Å²) in [6.07, 6.45) is 4.38. The van der Waals surface area contributed by atoms with E-state index in [2.05, 4.69) is 15.2 Å². The van der Waals surface area contributed by atoms with E-state index in [0.29, 0.717) is 56.4 Å². The molecule has 256 valence electrons. The third-order valence-electron chi connectivity index (χ3n) is 9.13. The molecule has 9 nitrogen and oxygen atoms in total. The minimum absolute atomic E-state index is 0.185. The number of piperidine rings is 3. The van der Waals surface area contributed by atoms with E-state index in [4.69, 9.17) is 42.1 Å². The van der Waals surface area contributed by atoms with Crippen LogP contribution in [0.5, 0.6) is 11.5 Å². The first-order valence-corrected chi connectivity index (χ1v) is 16.8. The van der Waals surface area contributed by atoms with E-state index in [-0.39, 0.29) is 18.1 Å². The SMILES string of the molecule is COc1ccc(C(Cc2c(Cl)c[nH+]cc2Cl)OC(=O)c2ccc(NC(C(=O)O[C@H]3CN4CCC3CC4)c3cccc(F)c3)cc2)cc1OC. The van der Waals surface area contributed by atoms with Gasteiger partial charge in [0.15, 0.2) is 29.9 Å². The van der Waals surface area contributed by atoms with Gasteiger partial charge in [0.25, 0.3) is 0 Å². The number of esters is 2. The Morgan fingerprint density at radius 2 is 1.65 bits per heavy atom. The Bertz CT molecular complexity index is 1780. The van der Waals surface area contributed by atoms with Crippen LogP contribution in [0.1, 0.15) is 52.0 Å². The molecule has 2 unspecified atom stereocenters. The number of carbonyl (C=O) groups excluding carboxylic acids is 2. The maximum absolute atomic E-state index is 14.3. The van der Waals surface area contributed by atoms with Crippen molar-refractivity contribution in [1.29, 1.82) is 0 Å². The second-order valence-corrected chi connectivity index (χ2v) is 13.0. The summed E-state index contributed by atoms with van der Waals surface area (Å²) in [5, 5.41) is 3.98. The molecule has 3 saturated heterocycles. The van der Waals surface area contributed by atoms with Crippen molar-refractivity contribution >= 4 is 40.8 Å². The molecule has 3 aromatic carbocycles. The van der Waals surface area contributed by atoms with E-state index in [1.54, 1.807) is 67.0 Å². The normalized spacial score (nSPS) is 19.4. The lowest BCUT2D eigenvalue weighted by Gasteiger charge is -2.44. The molecule has 3 fully saturated rings. The fraction of sp³-hybridized carbons (Fsp3) is 0.324. The number of nitrogens with one attached hydrogen (secondary N) is 2. The lowest BCUT2D eigenvalue weighted by molar-refractivity contribution is -0.377. The minimum atomic E-state index is -0.962. The average Bonchev–Trinajstić information content (AvgIpc) is 3.12. The van der Waals surface area contributed by atoms with Crippen molar-refractivity contribution in [3.8, 4) is 11.5 Å². The second-order valence-electron chi connectivity index (χ2n) is 12.2. The van der Waals surface area contributed by atoms with Gasteiger partial charge in [-0.15, -0.1) is 0 Å². The molecule has 0 saturated carbocycles. The number of methoxy groups -OCH3 is 2. The number of halogens is 3. The van der Waals surface area contributed by atoms with Crippen molar-refractivity contribution in [1.82, 2.24) is 4.90 Å². The van der Waals surface area contributed by atoms with E-state index in [0.717, 1.165) is 25.9 Å². The highest BCUT2D eigenvalue weighted by Crippen LogP contribution is 2.36. The van der Waals surface area contributed by atoms with Crippen LogP contribution in [0.15, 0.2) is 79.1 Å². The van der Waals surface area contributed by atoms with Crippen LogP contribution in [-0.4, -0.2) is 56.8 Å². The predicted octanol–water partition coefficient (Wildman–Crippen LogP) is 6.90. The number of carbonyl (C=O) groups is 2. The Kier molecular flexibility index (Phi) is 10.9. The van der Waals surface area contributed by atoms with E-state index in [1.165, 1.54) is 26.4 Å². The quantitative estimate of drug-likeness (QED) is 0.159. The summed E-state index contributed by atoms with van der Waals surface area (Å²) < 4.78 is 37.2. The number of fused-ring (bicyclic) bond motifs is 3. The number of rotatable bonds is 12. The number of hydrogen-bond acceptors (Lipinski definition) is 8. The summed E-state index contributed by atoms with van der Waals surface area (Å²) in [4.78, 5) is 32.3. The smallest absolute Gasteiger partial charge is 0.338 e. The van der Waals surface area contributed by atoms with Crippen molar-refractivity contribution in [2.75, 3.05) is 39.2 Å². The van der Waals surface area contributed by atoms with Crippen LogP contribution in [0, 0.1) is 11.7 Å². The van der Waals surface area contributed by atoms with Gasteiger partial charge in [0, 0.05) is 24.2 Å². The Morgan fingerprint density at radius 1 is 0.939 bits per heavy atom. The largest absolute Gasteiger partial charge is 0.493 e. The third-order valence-corrected chi connectivity index (χ3v) is 9.80. The number of pyridine rings is 1. The summed E-state index contributed by atoms with van der Waals surface area (Å²) >= 11 is 12.9. The number of hydrogen-bond donors (Lipinski definition) is 1. The van der Waals surface area contributed by atoms with Crippen LogP contribution < -0.4 is 19.8 Å². The summed E-state index contributed by atoms with van der Waals surface area (Å²) in [6.45, 7) is 2.73. The molecule has 0 spiro atoms. The van der Waals surface area contributed by atoms with E-state index in [9.17, 15) is 14.0 Å². The summed E-state index contributed by atoms with van der Waals surface area (Å²) in [6, 6.07) is 16.7. The maximum atomic E-state index is 14.3. The highest BCUT2D eigenvalue weighted by Gasteiger charge is 2.38. The second kappa shape index (κ2) is 15.4. The molecule has 0 radical (unpaired) electrons. The number of anilines is 1. The van der Waals surface area contributed by atoms with Gasteiger partial charge >= 0.3 is 11.9 Å². The fourth-order valence-electron chi connectivity index (χ4n) is 6.43. The summed E-state index contributed by atoms with van der Waals surface area (Å²) in [7, 11) is 3.06. The molecular formula is C37H37Cl2FN3O6+.